The number of rotatable bonds is 3. The number of likely N-dealkylation sites (tertiary alicyclic amines) is 1. The highest BCUT2D eigenvalue weighted by Crippen LogP contribution is 2.23. The molecule has 0 aromatic carbocycles. The van der Waals surface area contributed by atoms with Gasteiger partial charge >= 0.3 is 0 Å². The van der Waals surface area contributed by atoms with E-state index >= 15 is 0 Å². The Labute approximate surface area is 98.0 Å². The van der Waals surface area contributed by atoms with E-state index in [4.69, 9.17) is 11.6 Å². The van der Waals surface area contributed by atoms with Gasteiger partial charge in [0.25, 0.3) is 0 Å². The Morgan fingerprint density at radius 1 is 1.60 bits per heavy atom. The van der Waals surface area contributed by atoms with Crippen LogP contribution in [0.2, 0.25) is 0 Å². The molecule has 2 nitrogen and oxygen atoms in total. The highest BCUT2D eigenvalue weighted by atomic mass is 35.5. The number of alkyl halides is 1. The molecular weight excluding hydrogens is 210 g/mol. The van der Waals surface area contributed by atoms with Gasteiger partial charge in [-0.2, -0.15) is 0 Å². The number of hydrogen-bond acceptors (Lipinski definition) is 1. The summed E-state index contributed by atoms with van der Waals surface area (Å²) in [6, 6.07) is 0. The molecule has 3 atom stereocenters. The minimum absolute atomic E-state index is 0.139. The number of amides is 1. The molecule has 1 rings (SSSR count). The molecule has 0 aromatic rings. The van der Waals surface area contributed by atoms with Crippen LogP contribution in [0.4, 0.5) is 0 Å². The Balaban J connectivity index is 2.40. The van der Waals surface area contributed by atoms with Crippen LogP contribution in [0.15, 0.2) is 0 Å². The second-order valence-corrected chi connectivity index (χ2v) is 5.40. The van der Waals surface area contributed by atoms with Crippen molar-refractivity contribution in [3.8, 4) is 0 Å². The average Bonchev–Trinajstić information content (AvgIpc) is 2.21. The minimum atomic E-state index is 0.139. The minimum Gasteiger partial charge on any atom is -0.341 e. The Morgan fingerprint density at radius 2 is 2.27 bits per heavy atom. The van der Waals surface area contributed by atoms with Crippen LogP contribution in [-0.4, -0.2) is 29.3 Å². The predicted molar refractivity (Wildman–Crippen MR) is 64.1 cm³/mol. The van der Waals surface area contributed by atoms with Crippen molar-refractivity contribution in [2.24, 2.45) is 11.8 Å². The SMILES string of the molecule is CCC(C)CC(=O)N1CCC(C)C(Cl)C1. The van der Waals surface area contributed by atoms with Gasteiger partial charge in [-0.1, -0.05) is 27.2 Å². The first-order chi connectivity index (χ1) is 7.04. The molecule has 1 amide bonds. The van der Waals surface area contributed by atoms with E-state index < -0.39 is 0 Å². The number of carbonyl (C=O) groups excluding carboxylic acids is 1. The third-order valence-corrected chi connectivity index (χ3v) is 4.01. The van der Waals surface area contributed by atoms with Crippen LogP contribution < -0.4 is 0 Å². The molecule has 1 fully saturated rings. The molecular formula is C12H22ClNO. The lowest BCUT2D eigenvalue weighted by molar-refractivity contribution is -0.133. The number of carbonyl (C=O) groups is 1. The summed E-state index contributed by atoms with van der Waals surface area (Å²) < 4.78 is 0. The first-order valence-corrected chi connectivity index (χ1v) is 6.40. The maximum absolute atomic E-state index is 11.9. The van der Waals surface area contributed by atoms with Crippen LogP contribution in [0.1, 0.15) is 40.0 Å². The summed E-state index contributed by atoms with van der Waals surface area (Å²) >= 11 is 6.18. The van der Waals surface area contributed by atoms with Crippen LogP contribution in [-0.2, 0) is 4.79 Å². The number of piperidine rings is 1. The zero-order valence-electron chi connectivity index (χ0n) is 10.0. The van der Waals surface area contributed by atoms with Crippen molar-refractivity contribution in [1.82, 2.24) is 4.90 Å². The smallest absolute Gasteiger partial charge is 0.222 e. The molecule has 0 radical (unpaired) electrons. The van der Waals surface area contributed by atoms with Gasteiger partial charge in [-0.15, -0.1) is 11.6 Å². The molecule has 15 heavy (non-hydrogen) atoms. The Kier molecular flexibility index (Phi) is 4.91. The highest BCUT2D eigenvalue weighted by molar-refractivity contribution is 6.21. The van der Waals surface area contributed by atoms with Crippen molar-refractivity contribution in [3.63, 3.8) is 0 Å². The van der Waals surface area contributed by atoms with Crippen LogP contribution >= 0.6 is 11.6 Å². The maximum Gasteiger partial charge on any atom is 0.222 e. The van der Waals surface area contributed by atoms with Crippen LogP contribution in [0, 0.1) is 11.8 Å². The highest BCUT2D eigenvalue weighted by Gasteiger charge is 2.27. The summed E-state index contributed by atoms with van der Waals surface area (Å²) in [6.07, 6.45) is 2.79. The monoisotopic (exact) mass is 231 g/mol. The van der Waals surface area contributed by atoms with Gasteiger partial charge in [0, 0.05) is 19.5 Å². The van der Waals surface area contributed by atoms with Gasteiger partial charge < -0.3 is 4.90 Å². The van der Waals surface area contributed by atoms with Crippen molar-refractivity contribution in [3.05, 3.63) is 0 Å². The molecule has 1 saturated heterocycles. The van der Waals surface area contributed by atoms with E-state index in [2.05, 4.69) is 20.8 Å². The zero-order chi connectivity index (χ0) is 11.4. The van der Waals surface area contributed by atoms with Gasteiger partial charge in [0.05, 0.1) is 5.38 Å². The Hall–Kier alpha value is -0.240. The molecule has 3 heteroatoms. The fraction of sp³-hybridized carbons (Fsp3) is 0.917. The predicted octanol–water partition coefficient (Wildman–Crippen LogP) is 2.90. The molecule has 1 aliphatic heterocycles. The van der Waals surface area contributed by atoms with Gasteiger partial charge in [-0.25, -0.2) is 0 Å². The summed E-state index contributed by atoms with van der Waals surface area (Å²) in [6.45, 7) is 8.04. The quantitative estimate of drug-likeness (QED) is 0.684. The lowest BCUT2D eigenvalue weighted by atomic mass is 9.97. The van der Waals surface area contributed by atoms with Crippen molar-refractivity contribution in [2.75, 3.05) is 13.1 Å². The molecule has 1 heterocycles. The van der Waals surface area contributed by atoms with E-state index in [1.807, 2.05) is 4.90 Å². The zero-order valence-corrected chi connectivity index (χ0v) is 10.8. The third-order valence-electron chi connectivity index (χ3n) is 3.44. The van der Waals surface area contributed by atoms with Gasteiger partial charge in [0.15, 0.2) is 0 Å². The molecule has 88 valence electrons. The number of nitrogens with zero attached hydrogens (tertiary/aromatic N) is 1. The van der Waals surface area contributed by atoms with Crippen LogP contribution in [0.25, 0.3) is 0 Å². The van der Waals surface area contributed by atoms with Gasteiger partial charge in [-0.05, 0) is 18.3 Å². The van der Waals surface area contributed by atoms with E-state index in [-0.39, 0.29) is 11.3 Å². The first kappa shape index (κ1) is 12.8. The Bertz CT molecular complexity index is 220. The van der Waals surface area contributed by atoms with E-state index in [1.165, 1.54) is 0 Å². The first-order valence-electron chi connectivity index (χ1n) is 5.96. The summed E-state index contributed by atoms with van der Waals surface area (Å²) in [4.78, 5) is 13.8. The average molecular weight is 232 g/mol. The second kappa shape index (κ2) is 5.74. The molecule has 0 N–H and O–H groups in total. The van der Waals surface area contributed by atoms with E-state index in [1.54, 1.807) is 0 Å². The molecule has 3 unspecified atom stereocenters. The fourth-order valence-electron chi connectivity index (χ4n) is 1.82. The van der Waals surface area contributed by atoms with Crippen LogP contribution in [0.5, 0.6) is 0 Å². The molecule has 0 saturated carbocycles. The van der Waals surface area contributed by atoms with Crippen molar-refractivity contribution < 1.29 is 4.79 Å². The van der Waals surface area contributed by atoms with Crippen molar-refractivity contribution in [1.29, 1.82) is 0 Å². The lowest BCUT2D eigenvalue weighted by Gasteiger charge is -2.34. The standard InChI is InChI=1S/C12H22ClNO/c1-4-9(2)7-12(15)14-6-5-10(3)11(13)8-14/h9-11H,4-8H2,1-3H3. The molecule has 0 bridgehead atoms. The third kappa shape index (κ3) is 3.67. The summed E-state index contributed by atoms with van der Waals surface area (Å²) in [5.41, 5.74) is 0. The van der Waals surface area contributed by atoms with E-state index in [0.717, 1.165) is 25.9 Å². The van der Waals surface area contributed by atoms with Gasteiger partial charge in [0.2, 0.25) is 5.91 Å². The molecule has 0 spiro atoms. The molecule has 0 aliphatic carbocycles. The van der Waals surface area contributed by atoms with Crippen LogP contribution in [0.3, 0.4) is 0 Å². The summed E-state index contributed by atoms with van der Waals surface area (Å²) in [5.74, 6) is 1.31. The topological polar surface area (TPSA) is 20.3 Å². The van der Waals surface area contributed by atoms with Crippen molar-refractivity contribution in [2.45, 2.75) is 45.4 Å². The van der Waals surface area contributed by atoms with Gasteiger partial charge in [-0.3, -0.25) is 4.79 Å². The van der Waals surface area contributed by atoms with Crippen molar-refractivity contribution >= 4 is 17.5 Å². The largest absolute Gasteiger partial charge is 0.341 e. The number of halogens is 1. The summed E-state index contributed by atoms with van der Waals surface area (Å²) in [7, 11) is 0. The lowest BCUT2D eigenvalue weighted by Crippen LogP contribution is -2.44. The number of hydrogen-bond donors (Lipinski definition) is 0. The second-order valence-electron chi connectivity index (χ2n) is 4.84. The van der Waals surface area contributed by atoms with E-state index in [9.17, 15) is 4.79 Å². The maximum atomic E-state index is 11.9. The summed E-state index contributed by atoms with van der Waals surface area (Å²) in [5, 5.41) is 0.139. The normalized spacial score (nSPS) is 28.9. The van der Waals surface area contributed by atoms with Gasteiger partial charge in [0.1, 0.15) is 0 Å². The molecule has 1 aliphatic rings. The van der Waals surface area contributed by atoms with E-state index in [0.29, 0.717) is 18.3 Å². The molecule has 0 aromatic heterocycles. The Morgan fingerprint density at radius 3 is 2.80 bits per heavy atom. The fourth-order valence-corrected chi connectivity index (χ4v) is 2.11.